The maximum absolute atomic E-state index is 12.1. The highest BCUT2D eigenvalue weighted by Crippen LogP contribution is 2.28. The first-order valence-electron chi connectivity index (χ1n) is 8.81. The van der Waals surface area contributed by atoms with E-state index in [9.17, 15) is 4.79 Å². The Hall–Kier alpha value is -0.810. The van der Waals surface area contributed by atoms with Crippen LogP contribution >= 0.6 is 23.2 Å². The smallest absolute Gasteiger partial charge is 0.225 e. The Bertz CT molecular complexity index is 569. The lowest BCUT2D eigenvalue weighted by Gasteiger charge is -2.32. The van der Waals surface area contributed by atoms with E-state index in [1.165, 1.54) is 32.2 Å². The molecule has 1 aliphatic heterocycles. The number of hydrogen-bond acceptors (Lipinski definition) is 3. The second-order valence-corrected chi connectivity index (χ2v) is 7.73. The zero-order chi connectivity index (χ0) is 16.9. The molecular formula is C18H25Cl2N3O. The van der Waals surface area contributed by atoms with Gasteiger partial charge in [0.15, 0.2) is 0 Å². The fraction of sp³-hybridized carbons (Fsp3) is 0.611. The predicted octanol–water partition coefficient (Wildman–Crippen LogP) is 3.79. The third kappa shape index (κ3) is 5.62. The van der Waals surface area contributed by atoms with Crippen LogP contribution in [0.15, 0.2) is 18.2 Å². The van der Waals surface area contributed by atoms with Gasteiger partial charge in [-0.1, -0.05) is 23.2 Å². The second-order valence-electron chi connectivity index (χ2n) is 6.89. The first-order chi connectivity index (χ1) is 11.6. The fourth-order valence-electron chi connectivity index (χ4n) is 3.08. The van der Waals surface area contributed by atoms with Crippen molar-refractivity contribution in [2.75, 3.05) is 31.5 Å². The van der Waals surface area contributed by atoms with Crippen LogP contribution in [0.3, 0.4) is 0 Å². The summed E-state index contributed by atoms with van der Waals surface area (Å²) < 4.78 is 0. The molecule has 1 saturated carbocycles. The number of hydrogen-bond donors (Lipinski definition) is 2. The van der Waals surface area contributed by atoms with Crippen LogP contribution in [0.5, 0.6) is 0 Å². The molecule has 1 aliphatic carbocycles. The molecule has 0 aromatic heterocycles. The number of benzene rings is 1. The van der Waals surface area contributed by atoms with Crippen molar-refractivity contribution >= 4 is 34.8 Å². The number of rotatable bonds is 7. The predicted molar refractivity (Wildman–Crippen MR) is 99.9 cm³/mol. The minimum atomic E-state index is -0.0202. The largest absolute Gasteiger partial charge is 0.325 e. The van der Waals surface area contributed by atoms with Crippen LogP contribution in [0.25, 0.3) is 0 Å². The number of likely N-dealkylation sites (tertiary alicyclic amines) is 1. The number of nitrogens with zero attached hydrogens (tertiary/aromatic N) is 1. The van der Waals surface area contributed by atoms with Crippen molar-refractivity contribution in [3.05, 3.63) is 28.2 Å². The molecule has 2 N–H and O–H groups in total. The molecule has 0 spiro atoms. The minimum absolute atomic E-state index is 0.0202. The Morgan fingerprint density at radius 2 is 1.92 bits per heavy atom. The van der Waals surface area contributed by atoms with E-state index >= 15 is 0 Å². The lowest BCUT2D eigenvalue weighted by Crippen LogP contribution is -2.43. The van der Waals surface area contributed by atoms with Gasteiger partial charge in [0.05, 0.1) is 10.7 Å². The summed E-state index contributed by atoms with van der Waals surface area (Å²) in [7, 11) is 0. The van der Waals surface area contributed by atoms with Gasteiger partial charge in [-0.15, -0.1) is 0 Å². The Morgan fingerprint density at radius 1 is 1.17 bits per heavy atom. The van der Waals surface area contributed by atoms with Crippen molar-refractivity contribution in [3.63, 3.8) is 0 Å². The Morgan fingerprint density at radius 3 is 2.62 bits per heavy atom. The molecule has 6 heteroatoms. The summed E-state index contributed by atoms with van der Waals surface area (Å²) >= 11 is 12.0. The van der Waals surface area contributed by atoms with E-state index in [1.54, 1.807) is 18.2 Å². The second kappa shape index (κ2) is 8.52. The number of halogens is 2. The van der Waals surface area contributed by atoms with Gasteiger partial charge in [-0.05, 0) is 69.4 Å². The summed E-state index contributed by atoms with van der Waals surface area (Å²) in [5.74, 6) is 0.915. The third-order valence-electron chi connectivity index (χ3n) is 4.84. The molecule has 3 rings (SSSR count). The molecular weight excluding hydrogens is 345 g/mol. The van der Waals surface area contributed by atoms with Gasteiger partial charge in [0.25, 0.3) is 0 Å². The van der Waals surface area contributed by atoms with Crippen molar-refractivity contribution < 1.29 is 4.79 Å². The lowest BCUT2D eigenvalue weighted by molar-refractivity contribution is -0.116. The van der Waals surface area contributed by atoms with Crippen LogP contribution in [0.1, 0.15) is 32.1 Å². The molecule has 2 aliphatic rings. The van der Waals surface area contributed by atoms with Gasteiger partial charge in [-0.3, -0.25) is 4.79 Å². The van der Waals surface area contributed by atoms with E-state index in [0.717, 1.165) is 25.6 Å². The molecule has 1 aromatic carbocycles. The average molecular weight is 370 g/mol. The van der Waals surface area contributed by atoms with Crippen molar-refractivity contribution in [3.8, 4) is 0 Å². The van der Waals surface area contributed by atoms with Gasteiger partial charge in [-0.2, -0.15) is 0 Å². The van der Waals surface area contributed by atoms with E-state index in [1.807, 2.05) is 0 Å². The van der Waals surface area contributed by atoms with E-state index in [2.05, 4.69) is 15.5 Å². The topological polar surface area (TPSA) is 44.4 Å². The summed E-state index contributed by atoms with van der Waals surface area (Å²) in [5, 5.41) is 7.60. The highest BCUT2D eigenvalue weighted by Gasteiger charge is 2.24. The first kappa shape index (κ1) is 18.0. The van der Waals surface area contributed by atoms with Crippen LogP contribution in [-0.2, 0) is 4.79 Å². The molecule has 1 aromatic rings. The van der Waals surface area contributed by atoms with Gasteiger partial charge < -0.3 is 15.5 Å². The first-order valence-corrected chi connectivity index (χ1v) is 9.56. The Kier molecular flexibility index (Phi) is 6.39. The van der Waals surface area contributed by atoms with Gasteiger partial charge in [0.1, 0.15) is 0 Å². The number of carbonyl (C=O) groups is 1. The maximum Gasteiger partial charge on any atom is 0.225 e. The Labute approximate surface area is 153 Å². The number of amides is 1. The third-order valence-corrected chi connectivity index (χ3v) is 5.40. The maximum atomic E-state index is 12.1. The summed E-state index contributed by atoms with van der Waals surface area (Å²) in [6.07, 6.45) is 5.63. The van der Waals surface area contributed by atoms with E-state index in [0.29, 0.717) is 28.2 Å². The molecule has 0 radical (unpaired) electrons. The quantitative estimate of drug-likeness (QED) is 0.768. The van der Waals surface area contributed by atoms with Crippen LogP contribution in [-0.4, -0.2) is 43.0 Å². The van der Waals surface area contributed by atoms with Gasteiger partial charge in [0.2, 0.25) is 5.91 Å². The van der Waals surface area contributed by atoms with Crippen molar-refractivity contribution in [1.29, 1.82) is 0 Å². The molecule has 0 bridgehead atoms. The molecule has 4 nitrogen and oxygen atoms in total. The van der Waals surface area contributed by atoms with Crippen molar-refractivity contribution in [1.82, 2.24) is 10.2 Å². The molecule has 132 valence electrons. The van der Waals surface area contributed by atoms with E-state index < -0.39 is 0 Å². The molecule has 1 heterocycles. The van der Waals surface area contributed by atoms with Gasteiger partial charge in [0, 0.05) is 24.0 Å². The zero-order valence-corrected chi connectivity index (χ0v) is 15.4. The molecule has 24 heavy (non-hydrogen) atoms. The van der Waals surface area contributed by atoms with Crippen LogP contribution in [0, 0.1) is 5.92 Å². The monoisotopic (exact) mass is 369 g/mol. The Balaban J connectivity index is 1.35. The van der Waals surface area contributed by atoms with E-state index in [4.69, 9.17) is 23.2 Å². The van der Waals surface area contributed by atoms with Crippen LogP contribution in [0.4, 0.5) is 5.69 Å². The highest BCUT2D eigenvalue weighted by atomic mass is 35.5. The normalized spacial score (nSPS) is 19.4. The van der Waals surface area contributed by atoms with Crippen LogP contribution < -0.4 is 10.6 Å². The number of anilines is 1. The lowest BCUT2D eigenvalue weighted by atomic mass is 10.0. The standard InChI is InChI=1S/C18H25Cl2N3O/c19-14-3-4-16(20)17(11-14)22-18(24)7-10-23-8-5-15(6-9-23)21-12-13-1-2-13/h3-4,11,13,15,21H,1-2,5-10,12H2,(H,22,24). The SMILES string of the molecule is O=C(CCN1CCC(NCC2CC2)CC1)Nc1cc(Cl)ccc1Cl. The summed E-state index contributed by atoms with van der Waals surface area (Å²) in [6, 6.07) is 5.74. The zero-order valence-electron chi connectivity index (χ0n) is 13.9. The fourth-order valence-corrected chi connectivity index (χ4v) is 3.42. The van der Waals surface area contributed by atoms with Gasteiger partial charge in [-0.25, -0.2) is 0 Å². The number of nitrogens with one attached hydrogen (secondary N) is 2. The minimum Gasteiger partial charge on any atom is -0.325 e. The molecule has 0 unspecified atom stereocenters. The number of piperidine rings is 1. The average Bonchev–Trinajstić information content (AvgIpc) is 3.40. The molecule has 1 saturated heterocycles. The van der Waals surface area contributed by atoms with E-state index in [-0.39, 0.29) is 5.91 Å². The summed E-state index contributed by atoms with van der Waals surface area (Å²) in [5.41, 5.74) is 0.581. The summed E-state index contributed by atoms with van der Waals surface area (Å²) in [4.78, 5) is 14.5. The number of carbonyl (C=O) groups excluding carboxylic acids is 1. The van der Waals surface area contributed by atoms with Crippen molar-refractivity contribution in [2.45, 2.75) is 38.1 Å². The highest BCUT2D eigenvalue weighted by molar-refractivity contribution is 6.35. The molecule has 2 fully saturated rings. The molecule has 1 amide bonds. The van der Waals surface area contributed by atoms with Crippen LogP contribution in [0.2, 0.25) is 10.0 Å². The molecule has 0 atom stereocenters. The van der Waals surface area contributed by atoms with Crippen molar-refractivity contribution in [2.24, 2.45) is 5.92 Å². The summed E-state index contributed by atoms with van der Waals surface area (Å²) in [6.45, 7) is 4.11. The van der Waals surface area contributed by atoms with Gasteiger partial charge >= 0.3 is 0 Å².